The molecule has 0 N–H and O–H groups in total. The first-order valence-corrected chi connectivity index (χ1v) is 11.8. The molecule has 0 radical (unpaired) electrons. The minimum Gasteiger partial charge on any atom is -0.383 e. The third-order valence-electron chi connectivity index (χ3n) is 5.62. The monoisotopic (exact) mass is 473 g/mol. The van der Waals surface area contributed by atoms with Gasteiger partial charge in [0, 0.05) is 43.9 Å². The SMILES string of the molecule is COCCn1c(SCc2cc(=O)n3ccccc3n2)nc2c(-c3ccccc3)cn(C)c2c1=O. The highest BCUT2D eigenvalue weighted by atomic mass is 32.2. The van der Waals surface area contributed by atoms with E-state index in [9.17, 15) is 9.59 Å². The Morgan fingerprint density at radius 1 is 1.03 bits per heavy atom. The van der Waals surface area contributed by atoms with Crippen molar-refractivity contribution in [3.8, 4) is 11.1 Å². The van der Waals surface area contributed by atoms with Crippen molar-refractivity contribution in [1.29, 1.82) is 0 Å². The van der Waals surface area contributed by atoms with E-state index in [2.05, 4.69) is 4.98 Å². The summed E-state index contributed by atoms with van der Waals surface area (Å²) in [5.74, 6) is 0.402. The second-order valence-corrected chi connectivity index (χ2v) is 8.81. The molecule has 5 aromatic rings. The van der Waals surface area contributed by atoms with Crippen molar-refractivity contribution in [2.45, 2.75) is 17.5 Å². The molecule has 34 heavy (non-hydrogen) atoms. The van der Waals surface area contributed by atoms with Gasteiger partial charge in [0.1, 0.15) is 16.7 Å². The number of benzene rings is 1. The average Bonchev–Trinajstić information content (AvgIpc) is 3.19. The molecule has 0 spiro atoms. The fourth-order valence-electron chi connectivity index (χ4n) is 3.98. The molecule has 1 aromatic carbocycles. The number of nitrogens with zero attached hydrogens (tertiary/aromatic N) is 5. The quantitative estimate of drug-likeness (QED) is 0.266. The van der Waals surface area contributed by atoms with E-state index in [1.54, 1.807) is 30.0 Å². The van der Waals surface area contributed by atoms with Gasteiger partial charge in [0.15, 0.2) is 5.16 Å². The third-order valence-corrected chi connectivity index (χ3v) is 6.63. The normalized spacial score (nSPS) is 11.5. The zero-order valence-electron chi connectivity index (χ0n) is 18.8. The molecule has 0 aliphatic rings. The van der Waals surface area contributed by atoms with Crippen LogP contribution in [-0.2, 0) is 24.1 Å². The molecule has 0 unspecified atom stereocenters. The predicted octanol–water partition coefficient (Wildman–Crippen LogP) is 3.35. The van der Waals surface area contributed by atoms with E-state index in [1.165, 1.54) is 22.2 Å². The van der Waals surface area contributed by atoms with Crippen LogP contribution in [0.4, 0.5) is 0 Å². The van der Waals surface area contributed by atoms with Crippen molar-refractivity contribution in [3.63, 3.8) is 0 Å². The number of aromatic nitrogens is 5. The summed E-state index contributed by atoms with van der Waals surface area (Å²) in [5.41, 5.74) is 4.04. The van der Waals surface area contributed by atoms with Crippen molar-refractivity contribution in [2.75, 3.05) is 13.7 Å². The Morgan fingerprint density at radius 2 is 1.82 bits per heavy atom. The highest BCUT2D eigenvalue weighted by Gasteiger charge is 2.19. The van der Waals surface area contributed by atoms with Gasteiger partial charge < -0.3 is 9.30 Å². The van der Waals surface area contributed by atoms with Crippen LogP contribution in [0.2, 0.25) is 0 Å². The Hall–Kier alpha value is -3.69. The van der Waals surface area contributed by atoms with Crippen LogP contribution in [0, 0.1) is 0 Å². The topological polar surface area (TPSA) is 83.4 Å². The Labute approximate surface area is 199 Å². The van der Waals surface area contributed by atoms with Gasteiger partial charge in [-0.25, -0.2) is 9.97 Å². The van der Waals surface area contributed by atoms with E-state index in [1.807, 2.05) is 54.2 Å². The molecular weight excluding hydrogens is 450 g/mol. The number of thioether (sulfide) groups is 1. The minimum absolute atomic E-state index is 0.124. The van der Waals surface area contributed by atoms with E-state index in [0.29, 0.717) is 46.4 Å². The fraction of sp³-hybridized carbons (Fsp3) is 0.200. The van der Waals surface area contributed by atoms with Crippen molar-refractivity contribution in [2.24, 2.45) is 7.05 Å². The lowest BCUT2D eigenvalue weighted by Crippen LogP contribution is -2.26. The van der Waals surface area contributed by atoms with Gasteiger partial charge in [0.2, 0.25) is 0 Å². The molecule has 0 aliphatic heterocycles. The van der Waals surface area contributed by atoms with Gasteiger partial charge in [0.25, 0.3) is 11.1 Å². The lowest BCUT2D eigenvalue weighted by atomic mass is 10.1. The van der Waals surface area contributed by atoms with E-state index < -0.39 is 0 Å². The number of hydrogen-bond donors (Lipinski definition) is 0. The summed E-state index contributed by atoms with van der Waals surface area (Å²) in [6, 6.07) is 16.9. The lowest BCUT2D eigenvalue weighted by molar-refractivity contribution is 0.183. The largest absolute Gasteiger partial charge is 0.383 e. The standard InChI is InChI=1S/C25H23N5O3S/c1-28-15-19(17-8-4-3-5-9-17)22-23(28)24(32)30(12-13-33-2)25(27-22)34-16-18-14-21(31)29-11-7-6-10-20(29)26-18/h3-11,14-15H,12-13,16H2,1-2H3. The number of hydrogen-bond acceptors (Lipinski definition) is 6. The molecule has 0 amide bonds. The van der Waals surface area contributed by atoms with Gasteiger partial charge in [-0.2, -0.15) is 0 Å². The molecule has 4 aromatic heterocycles. The van der Waals surface area contributed by atoms with Gasteiger partial charge in [-0.3, -0.25) is 18.6 Å². The van der Waals surface area contributed by atoms with E-state index >= 15 is 0 Å². The zero-order valence-corrected chi connectivity index (χ0v) is 19.7. The second kappa shape index (κ2) is 9.28. The Morgan fingerprint density at radius 3 is 2.62 bits per heavy atom. The molecule has 5 rings (SSSR count). The van der Waals surface area contributed by atoms with Gasteiger partial charge in [-0.05, 0) is 17.7 Å². The molecule has 0 saturated heterocycles. The molecule has 4 heterocycles. The van der Waals surface area contributed by atoms with Crippen molar-refractivity contribution < 1.29 is 4.74 Å². The first-order valence-electron chi connectivity index (χ1n) is 10.8. The molecule has 172 valence electrons. The van der Waals surface area contributed by atoms with Crippen LogP contribution >= 0.6 is 11.8 Å². The molecule has 0 saturated carbocycles. The molecule has 9 heteroatoms. The maximum absolute atomic E-state index is 13.5. The Balaban J connectivity index is 1.60. The highest BCUT2D eigenvalue weighted by molar-refractivity contribution is 7.98. The van der Waals surface area contributed by atoms with Gasteiger partial charge in [0.05, 0.1) is 18.8 Å². The number of methoxy groups -OCH3 is 1. The summed E-state index contributed by atoms with van der Waals surface area (Å²) in [4.78, 5) is 35.5. The van der Waals surface area contributed by atoms with E-state index in [-0.39, 0.29) is 11.1 Å². The minimum atomic E-state index is -0.143. The summed E-state index contributed by atoms with van der Waals surface area (Å²) in [5, 5.41) is 0.563. The Bertz CT molecular complexity index is 1600. The number of pyridine rings is 1. The van der Waals surface area contributed by atoms with Gasteiger partial charge >= 0.3 is 0 Å². The smallest absolute Gasteiger partial charge is 0.278 e. The van der Waals surface area contributed by atoms with Crippen LogP contribution in [0.5, 0.6) is 0 Å². The van der Waals surface area contributed by atoms with Gasteiger partial charge in [-0.15, -0.1) is 0 Å². The maximum atomic E-state index is 13.5. The number of fused-ring (bicyclic) bond motifs is 2. The molecule has 0 aliphatic carbocycles. The van der Waals surface area contributed by atoms with Crippen LogP contribution in [0.25, 0.3) is 27.8 Å². The van der Waals surface area contributed by atoms with Crippen LogP contribution in [0.3, 0.4) is 0 Å². The summed E-state index contributed by atoms with van der Waals surface area (Å²) < 4.78 is 10.2. The highest BCUT2D eigenvalue weighted by Crippen LogP contribution is 2.29. The summed E-state index contributed by atoms with van der Waals surface area (Å²) >= 11 is 1.39. The maximum Gasteiger partial charge on any atom is 0.278 e. The zero-order chi connectivity index (χ0) is 23.7. The van der Waals surface area contributed by atoms with Gasteiger partial charge in [-0.1, -0.05) is 48.2 Å². The van der Waals surface area contributed by atoms with Crippen molar-refractivity contribution >= 4 is 28.4 Å². The first kappa shape index (κ1) is 22.1. The van der Waals surface area contributed by atoms with E-state index in [0.717, 1.165) is 11.1 Å². The molecule has 8 nitrogen and oxygen atoms in total. The molecule has 0 atom stereocenters. The fourth-order valence-corrected chi connectivity index (χ4v) is 4.90. The summed E-state index contributed by atoms with van der Waals surface area (Å²) in [6.07, 6.45) is 3.63. The van der Waals surface area contributed by atoms with Crippen LogP contribution in [-0.4, -0.2) is 37.2 Å². The molecule has 0 bridgehead atoms. The van der Waals surface area contributed by atoms with Crippen LogP contribution in [0.15, 0.2) is 81.7 Å². The summed E-state index contributed by atoms with van der Waals surface area (Å²) in [7, 11) is 3.46. The van der Waals surface area contributed by atoms with Crippen molar-refractivity contribution in [1.82, 2.24) is 23.5 Å². The summed E-state index contributed by atoms with van der Waals surface area (Å²) in [6.45, 7) is 0.756. The Kier molecular flexibility index (Phi) is 6.04. The predicted molar refractivity (Wildman–Crippen MR) is 133 cm³/mol. The second-order valence-electron chi connectivity index (χ2n) is 7.86. The van der Waals surface area contributed by atoms with Crippen LogP contribution in [0.1, 0.15) is 5.69 Å². The van der Waals surface area contributed by atoms with Crippen molar-refractivity contribution in [3.05, 3.63) is 93.4 Å². The number of rotatable bonds is 7. The average molecular weight is 474 g/mol. The molecular formula is C25H23N5O3S. The number of ether oxygens (including phenoxy) is 1. The number of aryl methyl sites for hydroxylation is 1. The van der Waals surface area contributed by atoms with E-state index in [4.69, 9.17) is 9.72 Å². The van der Waals surface area contributed by atoms with Crippen LogP contribution < -0.4 is 11.1 Å². The first-order chi connectivity index (χ1) is 16.6. The lowest BCUT2D eigenvalue weighted by Gasteiger charge is -2.12. The molecule has 0 fully saturated rings. The third kappa shape index (κ3) is 4.04.